The second-order valence-corrected chi connectivity index (χ2v) is 6.51. The largest absolute Gasteiger partial charge is 0.468 e. The lowest BCUT2D eigenvalue weighted by atomic mass is 10.3. The van der Waals surface area contributed by atoms with Crippen LogP contribution in [0.3, 0.4) is 0 Å². The molecule has 0 radical (unpaired) electrons. The van der Waals surface area contributed by atoms with E-state index in [0.717, 1.165) is 11.3 Å². The van der Waals surface area contributed by atoms with E-state index in [-0.39, 0.29) is 12.4 Å². The topological polar surface area (TPSA) is 60.7 Å². The minimum absolute atomic E-state index is 0.0985. The fraction of sp³-hybridized carbons (Fsp3) is 0.133. The third kappa shape index (κ3) is 3.22. The summed E-state index contributed by atoms with van der Waals surface area (Å²) in [7, 11) is 1.28. The van der Waals surface area contributed by atoms with Crippen molar-refractivity contribution in [3.8, 4) is 0 Å². The second-order valence-electron chi connectivity index (χ2n) is 4.55. The quantitative estimate of drug-likeness (QED) is 0.683. The zero-order chi connectivity index (χ0) is 16.4. The highest BCUT2D eigenvalue weighted by Crippen LogP contribution is 2.19. The molecule has 0 unspecified atom stereocenters. The average Bonchev–Trinajstić information content (AvgIpc) is 3.16. The Balaban J connectivity index is 2.16. The van der Waals surface area contributed by atoms with E-state index in [1.807, 2.05) is 0 Å². The Hall–Kier alpha value is -2.32. The Bertz CT molecular complexity index is 941. The summed E-state index contributed by atoms with van der Waals surface area (Å²) in [5.41, 5.74) is 0.625. The van der Waals surface area contributed by atoms with Gasteiger partial charge in [-0.05, 0) is 29.6 Å². The van der Waals surface area contributed by atoms with Crippen LogP contribution >= 0.6 is 22.7 Å². The zero-order valence-electron chi connectivity index (χ0n) is 12.0. The summed E-state index contributed by atoms with van der Waals surface area (Å²) in [6.45, 7) is -0.0985. The molecule has 118 valence electrons. The number of aromatic nitrogens is 1. The van der Waals surface area contributed by atoms with Gasteiger partial charge < -0.3 is 9.30 Å². The summed E-state index contributed by atoms with van der Waals surface area (Å²) < 4.78 is 20.2. The Morgan fingerprint density at radius 2 is 2.17 bits per heavy atom. The van der Waals surface area contributed by atoms with Crippen molar-refractivity contribution in [2.75, 3.05) is 7.11 Å². The third-order valence-electron chi connectivity index (χ3n) is 3.09. The van der Waals surface area contributed by atoms with Gasteiger partial charge in [0.2, 0.25) is 0 Å². The van der Waals surface area contributed by atoms with Crippen LogP contribution < -0.4 is 4.80 Å². The standard InChI is InChI=1S/C15H11FN2O3S2/c1-21-13(19)8-18-10-5-4-9(16)7-12(10)23-15(18)17-14(20)11-3-2-6-22-11/h2-7H,8H2,1H3. The molecule has 0 saturated heterocycles. The average molecular weight is 350 g/mol. The monoisotopic (exact) mass is 350 g/mol. The number of hydrogen-bond donors (Lipinski definition) is 0. The smallest absolute Gasteiger partial charge is 0.325 e. The zero-order valence-corrected chi connectivity index (χ0v) is 13.6. The van der Waals surface area contributed by atoms with Crippen LogP contribution in [0.2, 0.25) is 0 Å². The fourth-order valence-corrected chi connectivity index (χ4v) is 3.68. The third-order valence-corrected chi connectivity index (χ3v) is 4.99. The maximum atomic E-state index is 13.4. The van der Waals surface area contributed by atoms with E-state index in [4.69, 9.17) is 0 Å². The van der Waals surface area contributed by atoms with Gasteiger partial charge in [0.25, 0.3) is 5.91 Å². The first-order valence-corrected chi connectivity index (χ1v) is 8.26. The van der Waals surface area contributed by atoms with Gasteiger partial charge in [0, 0.05) is 0 Å². The Morgan fingerprint density at radius 3 is 2.87 bits per heavy atom. The summed E-state index contributed by atoms with van der Waals surface area (Å²) in [6, 6.07) is 7.64. The van der Waals surface area contributed by atoms with Gasteiger partial charge in [-0.25, -0.2) is 4.39 Å². The minimum atomic E-state index is -0.473. The Kier molecular flexibility index (Phi) is 4.35. The first-order chi connectivity index (χ1) is 11.1. The van der Waals surface area contributed by atoms with Crippen molar-refractivity contribution in [3.05, 3.63) is 51.2 Å². The van der Waals surface area contributed by atoms with Gasteiger partial charge in [0.1, 0.15) is 12.4 Å². The summed E-state index contributed by atoms with van der Waals surface area (Å²) in [5, 5.41) is 1.78. The lowest BCUT2D eigenvalue weighted by molar-refractivity contribution is -0.141. The molecule has 23 heavy (non-hydrogen) atoms. The number of ether oxygens (including phenoxy) is 1. The van der Waals surface area contributed by atoms with Crippen LogP contribution in [0.25, 0.3) is 10.2 Å². The fourth-order valence-electron chi connectivity index (χ4n) is 2.02. The minimum Gasteiger partial charge on any atom is -0.468 e. The van der Waals surface area contributed by atoms with E-state index in [1.54, 1.807) is 28.1 Å². The van der Waals surface area contributed by atoms with E-state index in [0.29, 0.717) is 19.9 Å². The Morgan fingerprint density at radius 1 is 1.35 bits per heavy atom. The number of hydrogen-bond acceptors (Lipinski definition) is 5. The van der Waals surface area contributed by atoms with Crippen molar-refractivity contribution in [1.82, 2.24) is 4.57 Å². The summed E-state index contributed by atoms with van der Waals surface area (Å²) >= 11 is 2.43. The van der Waals surface area contributed by atoms with Gasteiger partial charge in [0.15, 0.2) is 4.80 Å². The summed E-state index contributed by atoms with van der Waals surface area (Å²) in [5.74, 6) is -1.26. The number of thiophene rings is 1. The van der Waals surface area contributed by atoms with E-state index in [9.17, 15) is 14.0 Å². The van der Waals surface area contributed by atoms with Crippen molar-refractivity contribution >= 4 is 44.8 Å². The predicted molar refractivity (Wildman–Crippen MR) is 86.0 cm³/mol. The number of halogens is 1. The number of methoxy groups -OCH3 is 1. The van der Waals surface area contributed by atoms with Crippen LogP contribution in [0, 0.1) is 5.82 Å². The molecule has 1 amide bonds. The number of nitrogens with zero attached hydrogens (tertiary/aromatic N) is 2. The molecule has 0 aliphatic rings. The summed E-state index contributed by atoms with van der Waals surface area (Å²) in [6.07, 6.45) is 0. The maximum absolute atomic E-state index is 13.4. The molecular formula is C15H11FN2O3S2. The van der Waals surface area contributed by atoms with Crippen molar-refractivity contribution in [1.29, 1.82) is 0 Å². The number of carbonyl (C=O) groups excluding carboxylic acids is 2. The number of amides is 1. The van der Waals surface area contributed by atoms with E-state index in [2.05, 4.69) is 9.73 Å². The first-order valence-electron chi connectivity index (χ1n) is 6.57. The molecule has 0 spiro atoms. The first kappa shape index (κ1) is 15.6. The summed E-state index contributed by atoms with van der Waals surface area (Å²) in [4.78, 5) is 28.7. The molecule has 0 N–H and O–H groups in total. The van der Waals surface area contributed by atoms with E-state index < -0.39 is 11.9 Å². The van der Waals surface area contributed by atoms with Gasteiger partial charge in [0.05, 0.1) is 22.2 Å². The molecule has 2 heterocycles. The molecule has 0 saturated carbocycles. The number of fused-ring (bicyclic) bond motifs is 1. The molecule has 0 bridgehead atoms. The molecular weight excluding hydrogens is 339 g/mol. The predicted octanol–water partition coefficient (Wildman–Crippen LogP) is 2.82. The molecule has 0 fully saturated rings. The van der Waals surface area contributed by atoms with Crippen LogP contribution in [0.4, 0.5) is 4.39 Å². The normalized spacial score (nSPS) is 11.8. The maximum Gasteiger partial charge on any atom is 0.325 e. The van der Waals surface area contributed by atoms with Gasteiger partial charge in [-0.3, -0.25) is 9.59 Å². The SMILES string of the molecule is COC(=O)Cn1c(=NC(=O)c2cccs2)sc2cc(F)ccc21. The second kappa shape index (κ2) is 6.43. The van der Waals surface area contributed by atoms with Crippen LogP contribution in [0.1, 0.15) is 9.67 Å². The molecule has 0 aliphatic carbocycles. The van der Waals surface area contributed by atoms with Crippen molar-refractivity contribution in [3.63, 3.8) is 0 Å². The molecule has 0 atom stereocenters. The van der Waals surface area contributed by atoms with Gasteiger partial charge >= 0.3 is 5.97 Å². The molecule has 3 rings (SSSR count). The van der Waals surface area contributed by atoms with Crippen molar-refractivity contribution in [2.24, 2.45) is 4.99 Å². The Labute approximate surface area is 138 Å². The lowest BCUT2D eigenvalue weighted by Crippen LogP contribution is -2.22. The van der Waals surface area contributed by atoms with Gasteiger partial charge in [-0.1, -0.05) is 17.4 Å². The molecule has 1 aromatic carbocycles. The highest BCUT2D eigenvalue weighted by atomic mass is 32.1. The number of thiazole rings is 1. The molecule has 0 aliphatic heterocycles. The highest BCUT2D eigenvalue weighted by Gasteiger charge is 2.13. The van der Waals surface area contributed by atoms with E-state index >= 15 is 0 Å². The van der Waals surface area contributed by atoms with Crippen LogP contribution in [0.5, 0.6) is 0 Å². The molecule has 2 aromatic heterocycles. The van der Waals surface area contributed by atoms with Gasteiger partial charge in [-0.2, -0.15) is 4.99 Å². The van der Waals surface area contributed by atoms with Gasteiger partial charge in [-0.15, -0.1) is 11.3 Å². The lowest BCUT2D eigenvalue weighted by Gasteiger charge is -2.03. The number of benzene rings is 1. The highest BCUT2D eigenvalue weighted by molar-refractivity contribution is 7.16. The van der Waals surface area contributed by atoms with Crippen LogP contribution in [-0.2, 0) is 16.1 Å². The van der Waals surface area contributed by atoms with Crippen LogP contribution in [-0.4, -0.2) is 23.6 Å². The number of carbonyl (C=O) groups is 2. The van der Waals surface area contributed by atoms with Crippen molar-refractivity contribution < 1.29 is 18.7 Å². The molecule has 5 nitrogen and oxygen atoms in total. The molecule has 8 heteroatoms. The number of esters is 1. The van der Waals surface area contributed by atoms with Crippen LogP contribution in [0.15, 0.2) is 40.7 Å². The molecule has 3 aromatic rings. The number of rotatable bonds is 3. The van der Waals surface area contributed by atoms with Crippen molar-refractivity contribution in [2.45, 2.75) is 6.54 Å². The van der Waals surface area contributed by atoms with E-state index in [1.165, 1.54) is 30.6 Å².